The molecule has 0 aliphatic rings. The summed E-state index contributed by atoms with van der Waals surface area (Å²) in [5, 5.41) is 8.25. The standard InChI is InChI=1S/C4H11NO.ClH/c1-4(2-5)3-6;/h4,6H,2-3,5H2,1H3;1H/t4-;/m1./s1. The summed E-state index contributed by atoms with van der Waals surface area (Å²) in [7, 11) is 0. The molecule has 0 aromatic rings. The van der Waals surface area contributed by atoms with Crippen molar-refractivity contribution in [3.8, 4) is 0 Å². The SMILES string of the molecule is C[C@H](CN)CO.Cl. The molecule has 0 amide bonds. The van der Waals surface area contributed by atoms with Crippen molar-refractivity contribution in [3.05, 3.63) is 0 Å². The summed E-state index contributed by atoms with van der Waals surface area (Å²) < 4.78 is 0. The predicted molar refractivity (Wildman–Crippen MR) is 32.6 cm³/mol. The van der Waals surface area contributed by atoms with Crippen molar-refractivity contribution in [1.29, 1.82) is 0 Å². The third-order valence-electron chi connectivity index (χ3n) is 0.714. The van der Waals surface area contributed by atoms with E-state index in [2.05, 4.69) is 0 Å². The van der Waals surface area contributed by atoms with E-state index in [1.54, 1.807) is 0 Å². The number of hydrogen-bond acceptors (Lipinski definition) is 2. The number of aliphatic hydroxyl groups is 1. The van der Waals surface area contributed by atoms with Gasteiger partial charge in [0.25, 0.3) is 0 Å². The average Bonchev–Trinajstić information content (AvgIpc) is 1.65. The Balaban J connectivity index is 0. The fourth-order valence-electron chi connectivity index (χ4n) is 0.0745. The summed E-state index contributed by atoms with van der Waals surface area (Å²) in [6, 6.07) is 0. The van der Waals surface area contributed by atoms with Crippen LogP contribution in [0.25, 0.3) is 0 Å². The molecule has 0 radical (unpaired) electrons. The van der Waals surface area contributed by atoms with Crippen LogP contribution in [0.3, 0.4) is 0 Å². The highest BCUT2D eigenvalue weighted by Crippen LogP contribution is 1.83. The van der Waals surface area contributed by atoms with E-state index in [1.165, 1.54) is 0 Å². The van der Waals surface area contributed by atoms with E-state index in [1.807, 2.05) is 6.92 Å². The first-order valence-electron chi connectivity index (χ1n) is 2.12. The van der Waals surface area contributed by atoms with Gasteiger partial charge in [-0.1, -0.05) is 6.92 Å². The Bertz CT molecular complexity index is 30.9. The van der Waals surface area contributed by atoms with Gasteiger partial charge in [-0.05, 0) is 12.5 Å². The third kappa shape index (κ3) is 6.21. The summed E-state index contributed by atoms with van der Waals surface area (Å²) in [6.45, 7) is 2.69. The van der Waals surface area contributed by atoms with Crippen LogP contribution in [0.15, 0.2) is 0 Å². The molecule has 3 N–H and O–H groups in total. The minimum atomic E-state index is 0. The van der Waals surface area contributed by atoms with Gasteiger partial charge in [0.05, 0.1) is 0 Å². The lowest BCUT2D eigenvalue weighted by molar-refractivity contribution is 0.241. The fraction of sp³-hybridized carbons (Fsp3) is 1.00. The van der Waals surface area contributed by atoms with Crippen LogP contribution >= 0.6 is 12.4 Å². The minimum Gasteiger partial charge on any atom is -0.396 e. The van der Waals surface area contributed by atoms with Crippen molar-refractivity contribution < 1.29 is 5.11 Å². The second-order valence-electron chi connectivity index (χ2n) is 1.52. The van der Waals surface area contributed by atoms with Gasteiger partial charge < -0.3 is 10.8 Å². The van der Waals surface area contributed by atoms with Crippen molar-refractivity contribution >= 4 is 12.4 Å². The Labute approximate surface area is 50.1 Å². The molecule has 0 bridgehead atoms. The number of rotatable bonds is 2. The van der Waals surface area contributed by atoms with Gasteiger partial charge in [0.1, 0.15) is 0 Å². The van der Waals surface area contributed by atoms with Crippen LogP contribution in [-0.4, -0.2) is 18.3 Å². The fourth-order valence-corrected chi connectivity index (χ4v) is 0.0745. The van der Waals surface area contributed by atoms with Crippen LogP contribution in [0.4, 0.5) is 0 Å². The Hall–Kier alpha value is 0.210. The quantitative estimate of drug-likeness (QED) is 0.546. The molecular weight excluding hydrogens is 114 g/mol. The van der Waals surface area contributed by atoms with Gasteiger partial charge in [-0.25, -0.2) is 0 Å². The lowest BCUT2D eigenvalue weighted by Crippen LogP contribution is -2.13. The topological polar surface area (TPSA) is 46.2 Å². The Morgan fingerprint density at radius 2 is 2.14 bits per heavy atom. The highest BCUT2D eigenvalue weighted by Gasteiger charge is 1.90. The molecular formula is C4H12ClNO. The second kappa shape index (κ2) is 6.21. The first-order chi connectivity index (χ1) is 2.81. The van der Waals surface area contributed by atoms with E-state index >= 15 is 0 Å². The maximum Gasteiger partial charge on any atom is 0.0468 e. The third-order valence-corrected chi connectivity index (χ3v) is 0.714. The van der Waals surface area contributed by atoms with E-state index < -0.39 is 0 Å². The van der Waals surface area contributed by atoms with Gasteiger partial charge in [0.2, 0.25) is 0 Å². The number of nitrogens with two attached hydrogens (primary N) is 1. The van der Waals surface area contributed by atoms with Crippen LogP contribution in [-0.2, 0) is 0 Å². The zero-order chi connectivity index (χ0) is 4.99. The van der Waals surface area contributed by atoms with Gasteiger partial charge in [0.15, 0.2) is 0 Å². The van der Waals surface area contributed by atoms with E-state index in [0.717, 1.165) is 0 Å². The lowest BCUT2D eigenvalue weighted by Gasteiger charge is -1.98. The molecule has 0 aliphatic carbocycles. The molecule has 0 saturated carbocycles. The first kappa shape index (κ1) is 10.2. The summed E-state index contributed by atoms with van der Waals surface area (Å²) in [6.07, 6.45) is 0. The number of halogens is 1. The smallest absolute Gasteiger partial charge is 0.0468 e. The Morgan fingerprint density at radius 1 is 1.71 bits per heavy atom. The molecule has 46 valence electrons. The lowest BCUT2D eigenvalue weighted by atomic mass is 10.2. The Morgan fingerprint density at radius 3 is 2.14 bits per heavy atom. The molecule has 1 atom stereocenters. The van der Waals surface area contributed by atoms with E-state index in [0.29, 0.717) is 6.54 Å². The largest absolute Gasteiger partial charge is 0.396 e. The van der Waals surface area contributed by atoms with Gasteiger partial charge in [-0.15, -0.1) is 12.4 Å². The van der Waals surface area contributed by atoms with E-state index in [4.69, 9.17) is 10.8 Å². The summed E-state index contributed by atoms with van der Waals surface area (Å²) in [4.78, 5) is 0. The summed E-state index contributed by atoms with van der Waals surface area (Å²) >= 11 is 0. The van der Waals surface area contributed by atoms with Crippen molar-refractivity contribution in [1.82, 2.24) is 0 Å². The van der Waals surface area contributed by atoms with Crippen LogP contribution < -0.4 is 5.73 Å². The van der Waals surface area contributed by atoms with Crippen LogP contribution in [0.1, 0.15) is 6.92 Å². The summed E-state index contributed by atoms with van der Waals surface area (Å²) in [5.74, 6) is 0.269. The van der Waals surface area contributed by atoms with Crippen molar-refractivity contribution in [3.63, 3.8) is 0 Å². The van der Waals surface area contributed by atoms with Crippen molar-refractivity contribution in [2.45, 2.75) is 6.92 Å². The molecule has 0 rings (SSSR count). The van der Waals surface area contributed by atoms with Gasteiger partial charge in [0, 0.05) is 6.61 Å². The maximum atomic E-state index is 8.25. The number of aliphatic hydroxyl groups excluding tert-OH is 1. The molecule has 0 unspecified atom stereocenters. The Kier molecular flexibility index (Phi) is 9.09. The monoisotopic (exact) mass is 125 g/mol. The van der Waals surface area contributed by atoms with Gasteiger partial charge in [-0.2, -0.15) is 0 Å². The van der Waals surface area contributed by atoms with E-state index in [9.17, 15) is 0 Å². The molecule has 0 saturated heterocycles. The highest BCUT2D eigenvalue weighted by molar-refractivity contribution is 5.85. The second-order valence-corrected chi connectivity index (χ2v) is 1.52. The molecule has 0 aromatic carbocycles. The molecule has 7 heavy (non-hydrogen) atoms. The van der Waals surface area contributed by atoms with E-state index in [-0.39, 0.29) is 24.9 Å². The number of hydrogen-bond donors (Lipinski definition) is 2. The molecule has 0 aliphatic heterocycles. The zero-order valence-corrected chi connectivity index (χ0v) is 5.24. The van der Waals surface area contributed by atoms with Crippen LogP contribution in [0.5, 0.6) is 0 Å². The van der Waals surface area contributed by atoms with Crippen molar-refractivity contribution in [2.75, 3.05) is 13.2 Å². The summed E-state index contributed by atoms with van der Waals surface area (Å²) in [5.41, 5.74) is 5.12. The maximum absolute atomic E-state index is 8.25. The predicted octanol–water partition coefficient (Wildman–Crippen LogP) is -0.00470. The zero-order valence-electron chi connectivity index (χ0n) is 4.42. The molecule has 3 heteroatoms. The van der Waals surface area contributed by atoms with Crippen LogP contribution in [0.2, 0.25) is 0 Å². The van der Waals surface area contributed by atoms with Crippen LogP contribution in [0, 0.1) is 5.92 Å². The molecule has 0 aromatic heterocycles. The molecule has 0 spiro atoms. The van der Waals surface area contributed by atoms with Crippen molar-refractivity contribution in [2.24, 2.45) is 11.7 Å². The van der Waals surface area contributed by atoms with Gasteiger partial charge >= 0.3 is 0 Å². The normalized spacial score (nSPS) is 12.4. The minimum absolute atomic E-state index is 0. The highest BCUT2D eigenvalue weighted by atomic mass is 35.5. The average molecular weight is 126 g/mol. The first-order valence-corrected chi connectivity index (χ1v) is 2.12. The molecule has 0 heterocycles. The van der Waals surface area contributed by atoms with Gasteiger partial charge in [-0.3, -0.25) is 0 Å². The molecule has 2 nitrogen and oxygen atoms in total. The molecule has 0 fully saturated rings.